The first kappa shape index (κ1) is 9.45. The van der Waals surface area contributed by atoms with Gasteiger partial charge in [-0.05, 0) is 19.1 Å². The van der Waals surface area contributed by atoms with Gasteiger partial charge in [-0.2, -0.15) is 5.26 Å². The molecule has 0 radical (unpaired) electrons. The van der Waals surface area contributed by atoms with Gasteiger partial charge in [0.2, 0.25) is 0 Å². The lowest BCUT2D eigenvalue weighted by Gasteiger charge is -2.06. The van der Waals surface area contributed by atoms with E-state index in [1.165, 1.54) is 11.3 Å². The van der Waals surface area contributed by atoms with Gasteiger partial charge in [-0.3, -0.25) is 0 Å². The smallest absolute Gasteiger partial charge is 0.179 e. The Morgan fingerprint density at radius 1 is 1.50 bits per heavy atom. The summed E-state index contributed by atoms with van der Waals surface area (Å²) in [6.45, 7) is 1.66. The Hall–Kier alpha value is -1.11. The van der Waals surface area contributed by atoms with Crippen LogP contribution in [0.1, 0.15) is 11.9 Å². The lowest BCUT2D eigenvalue weighted by molar-refractivity contribution is 0.868. The topological polar surface area (TPSA) is 36.7 Å². The molecular weight excluding hydrogens is 216 g/mol. The molecule has 1 aromatic carbocycles. The summed E-state index contributed by atoms with van der Waals surface area (Å²) in [7, 11) is 0. The minimum absolute atomic E-state index is 0.655. The van der Waals surface area contributed by atoms with E-state index in [-0.39, 0.29) is 0 Å². The molecular formula is C10H7ClN2S. The van der Waals surface area contributed by atoms with E-state index in [0.29, 0.717) is 5.01 Å². The largest absolute Gasteiger partial charge is 0.238 e. The molecule has 1 unspecified atom stereocenters. The number of rotatable bonds is 1. The molecule has 0 aliphatic rings. The van der Waals surface area contributed by atoms with Crippen molar-refractivity contribution in [1.29, 1.82) is 5.26 Å². The molecule has 0 N–H and O–H groups in total. The van der Waals surface area contributed by atoms with Crippen molar-refractivity contribution >= 4 is 33.2 Å². The predicted molar refractivity (Wildman–Crippen MR) is 58.4 cm³/mol. The van der Waals surface area contributed by atoms with Crippen molar-refractivity contribution in [2.24, 2.45) is 0 Å². The van der Waals surface area contributed by atoms with Crippen molar-refractivity contribution in [3.8, 4) is 6.07 Å². The number of thiazole rings is 1. The highest BCUT2D eigenvalue weighted by atomic mass is 35.5. The Kier molecular flexibility index (Phi) is 2.18. The minimum Gasteiger partial charge on any atom is -0.238 e. The number of nitriles is 1. The fraction of sp³-hybridized carbons (Fsp3) is 0.200. The normalized spacial score (nSPS) is 14.9. The van der Waals surface area contributed by atoms with Gasteiger partial charge in [0.05, 0.1) is 16.3 Å². The average Bonchev–Trinajstić information content (AvgIpc) is 2.61. The van der Waals surface area contributed by atoms with Crippen LogP contribution in [0, 0.1) is 11.3 Å². The molecule has 0 aliphatic carbocycles. The van der Waals surface area contributed by atoms with E-state index >= 15 is 0 Å². The zero-order chi connectivity index (χ0) is 10.2. The molecule has 0 amide bonds. The minimum atomic E-state index is -1.01. The van der Waals surface area contributed by atoms with E-state index in [9.17, 15) is 0 Å². The van der Waals surface area contributed by atoms with Crippen LogP contribution in [0.5, 0.6) is 0 Å². The number of nitrogens with zero attached hydrogens (tertiary/aromatic N) is 2. The van der Waals surface area contributed by atoms with Crippen LogP contribution in [0.3, 0.4) is 0 Å². The van der Waals surface area contributed by atoms with Crippen molar-refractivity contribution in [3.05, 3.63) is 29.3 Å². The number of hydrogen-bond donors (Lipinski definition) is 0. The van der Waals surface area contributed by atoms with Crippen molar-refractivity contribution in [2.45, 2.75) is 11.8 Å². The van der Waals surface area contributed by atoms with E-state index in [4.69, 9.17) is 16.9 Å². The van der Waals surface area contributed by atoms with E-state index in [1.807, 2.05) is 30.3 Å². The molecule has 0 aliphatic heterocycles. The first-order valence-electron chi connectivity index (χ1n) is 4.10. The molecule has 1 aromatic heterocycles. The van der Waals surface area contributed by atoms with E-state index in [0.717, 1.165) is 10.2 Å². The van der Waals surface area contributed by atoms with Gasteiger partial charge in [0, 0.05) is 0 Å². The Labute approximate surface area is 90.8 Å². The van der Waals surface area contributed by atoms with Gasteiger partial charge < -0.3 is 0 Å². The fourth-order valence-electron chi connectivity index (χ4n) is 1.12. The molecule has 2 rings (SSSR count). The fourth-order valence-corrected chi connectivity index (χ4v) is 2.23. The second-order valence-electron chi connectivity index (χ2n) is 3.10. The van der Waals surface area contributed by atoms with Gasteiger partial charge in [-0.25, -0.2) is 4.98 Å². The molecule has 14 heavy (non-hydrogen) atoms. The van der Waals surface area contributed by atoms with Crippen molar-refractivity contribution in [1.82, 2.24) is 4.98 Å². The van der Waals surface area contributed by atoms with Crippen LogP contribution < -0.4 is 0 Å². The molecule has 70 valence electrons. The molecule has 2 aromatic rings. The average molecular weight is 223 g/mol. The zero-order valence-corrected chi connectivity index (χ0v) is 9.06. The molecule has 0 fully saturated rings. The van der Waals surface area contributed by atoms with Gasteiger partial charge >= 0.3 is 0 Å². The maximum Gasteiger partial charge on any atom is 0.179 e. The highest BCUT2D eigenvalue weighted by Gasteiger charge is 2.26. The molecule has 4 heteroatoms. The molecule has 0 saturated heterocycles. The zero-order valence-electron chi connectivity index (χ0n) is 7.49. The Bertz CT molecular complexity index is 477. The third-order valence-corrected chi connectivity index (χ3v) is 3.54. The highest BCUT2D eigenvalue weighted by molar-refractivity contribution is 7.19. The molecule has 0 saturated carbocycles. The predicted octanol–water partition coefficient (Wildman–Crippen LogP) is 3.27. The van der Waals surface area contributed by atoms with Crippen LogP contribution in [0.4, 0.5) is 0 Å². The van der Waals surface area contributed by atoms with Crippen LogP contribution in [0.15, 0.2) is 24.3 Å². The van der Waals surface area contributed by atoms with Gasteiger partial charge in [0.1, 0.15) is 5.01 Å². The lowest BCUT2D eigenvalue weighted by atomic mass is 10.2. The van der Waals surface area contributed by atoms with Crippen LogP contribution in [0.2, 0.25) is 0 Å². The van der Waals surface area contributed by atoms with Crippen molar-refractivity contribution < 1.29 is 0 Å². The second-order valence-corrected chi connectivity index (χ2v) is 4.89. The second kappa shape index (κ2) is 3.23. The van der Waals surface area contributed by atoms with Crippen LogP contribution in [-0.4, -0.2) is 4.98 Å². The van der Waals surface area contributed by atoms with Gasteiger partial charge in [0.25, 0.3) is 0 Å². The summed E-state index contributed by atoms with van der Waals surface area (Å²) in [5, 5.41) is 9.51. The van der Waals surface area contributed by atoms with Gasteiger partial charge in [0.15, 0.2) is 4.87 Å². The lowest BCUT2D eigenvalue weighted by Crippen LogP contribution is -2.08. The van der Waals surface area contributed by atoms with Crippen LogP contribution in [0.25, 0.3) is 10.2 Å². The van der Waals surface area contributed by atoms with Crippen LogP contribution in [-0.2, 0) is 4.87 Å². The Morgan fingerprint density at radius 3 is 2.86 bits per heavy atom. The summed E-state index contributed by atoms with van der Waals surface area (Å²) in [6.07, 6.45) is 0. The van der Waals surface area contributed by atoms with E-state index in [2.05, 4.69) is 4.98 Å². The van der Waals surface area contributed by atoms with Crippen LogP contribution >= 0.6 is 22.9 Å². The molecule has 1 atom stereocenters. The monoisotopic (exact) mass is 222 g/mol. The summed E-state index contributed by atoms with van der Waals surface area (Å²) < 4.78 is 1.06. The maximum absolute atomic E-state index is 8.86. The number of para-hydroxylation sites is 1. The summed E-state index contributed by atoms with van der Waals surface area (Å²) in [4.78, 5) is 3.31. The highest BCUT2D eigenvalue weighted by Crippen LogP contribution is 2.33. The summed E-state index contributed by atoms with van der Waals surface area (Å²) >= 11 is 7.47. The van der Waals surface area contributed by atoms with Gasteiger partial charge in [-0.1, -0.05) is 23.7 Å². The number of halogens is 1. The van der Waals surface area contributed by atoms with Crippen molar-refractivity contribution in [3.63, 3.8) is 0 Å². The van der Waals surface area contributed by atoms with Crippen molar-refractivity contribution in [2.75, 3.05) is 0 Å². The summed E-state index contributed by atoms with van der Waals surface area (Å²) in [5.41, 5.74) is 0.898. The van der Waals surface area contributed by atoms with Gasteiger partial charge in [-0.15, -0.1) is 11.3 Å². The first-order valence-corrected chi connectivity index (χ1v) is 5.29. The number of aromatic nitrogens is 1. The SMILES string of the molecule is CC(Cl)(C#N)c1nc2ccccc2s1. The first-order chi connectivity index (χ1) is 6.63. The standard InChI is InChI=1S/C10H7ClN2S/c1-10(11,6-12)9-13-7-4-2-3-5-8(7)14-9/h2-5H,1H3. The molecule has 0 spiro atoms. The Morgan fingerprint density at radius 2 is 2.21 bits per heavy atom. The van der Waals surface area contributed by atoms with E-state index < -0.39 is 4.87 Å². The maximum atomic E-state index is 8.86. The number of benzene rings is 1. The number of fused-ring (bicyclic) bond motifs is 1. The number of alkyl halides is 1. The third-order valence-electron chi connectivity index (χ3n) is 1.91. The Balaban J connectivity index is 2.62. The van der Waals surface area contributed by atoms with E-state index in [1.54, 1.807) is 6.92 Å². The molecule has 1 heterocycles. The summed E-state index contributed by atoms with van der Waals surface area (Å²) in [6, 6.07) is 9.79. The molecule has 2 nitrogen and oxygen atoms in total. The number of hydrogen-bond acceptors (Lipinski definition) is 3. The quantitative estimate of drug-likeness (QED) is 0.695. The summed E-state index contributed by atoms with van der Waals surface area (Å²) in [5.74, 6) is 0. The third kappa shape index (κ3) is 1.47. The molecule has 0 bridgehead atoms.